The average molecular weight is 418 g/mol. The Balaban J connectivity index is 0. The first kappa shape index (κ1) is 24.1. The summed E-state index contributed by atoms with van der Waals surface area (Å²) in [4.78, 5) is 2.16. The number of nitrogens with zero attached hydrogens (tertiary/aromatic N) is 1. The molecule has 0 unspecified atom stereocenters. The van der Waals surface area contributed by atoms with E-state index in [-0.39, 0.29) is 24.8 Å². The highest BCUT2D eigenvalue weighted by Crippen LogP contribution is 2.36. The lowest BCUT2D eigenvalue weighted by Gasteiger charge is -2.15. The number of ether oxygens (including phenoxy) is 2. The van der Waals surface area contributed by atoms with Crippen molar-refractivity contribution in [3.63, 3.8) is 0 Å². The summed E-state index contributed by atoms with van der Waals surface area (Å²) >= 11 is 3.56. The van der Waals surface area contributed by atoms with Crippen LogP contribution in [0.25, 0.3) is 0 Å². The summed E-state index contributed by atoms with van der Waals surface area (Å²) in [5.41, 5.74) is 1.18. The molecule has 0 atom stereocenters. The molecule has 0 heterocycles. The topological polar surface area (TPSA) is 33.7 Å². The first-order chi connectivity index (χ1) is 9.58. The van der Waals surface area contributed by atoms with Gasteiger partial charge in [0.2, 0.25) is 0 Å². The van der Waals surface area contributed by atoms with Crippen LogP contribution in [0.2, 0.25) is 0 Å². The summed E-state index contributed by atoms with van der Waals surface area (Å²) in [6, 6.07) is 4.12. The third-order valence-electron chi connectivity index (χ3n) is 2.72. The van der Waals surface area contributed by atoms with E-state index in [9.17, 15) is 0 Å². The molecule has 0 radical (unpaired) electrons. The van der Waals surface area contributed by atoms with Crippen LogP contribution in [0, 0.1) is 0 Å². The Morgan fingerprint density at radius 1 is 1.09 bits per heavy atom. The summed E-state index contributed by atoms with van der Waals surface area (Å²) in [5, 5.41) is 3.42. The largest absolute Gasteiger partial charge is 0.490 e. The fourth-order valence-corrected chi connectivity index (χ4v) is 2.41. The molecule has 0 aliphatic carbocycles. The summed E-state index contributed by atoms with van der Waals surface area (Å²) in [6.45, 7) is 8.00. The van der Waals surface area contributed by atoms with E-state index in [1.54, 1.807) is 0 Å². The standard InChI is InChI=1S/C15H25BrN2O2.2ClH/c1-5-19-14-10-12(11-17-7-8-18(3)4)9-13(16)15(14)20-6-2;;/h9-10,17H,5-8,11H2,1-4H3;2*1H. The Kier molecular flexibility index (Phi) is 14.5. The second-order valence-electron chi connectivity index (χ2n) is 4.75. The molecule has 0 aliphatic rings. The summed E-state index contributed by atoms with van der Waals surface area (Å²) < 4.78 is 12.2. The molecule has 0 aromatic heterocycles. The van der Waals surface area contributed by atoms with Crippen molar-refractivity contribution in [3.05, 3.63) is 22.2 Å². The van der Waals surface area contributed by atoms with Crippen LogP contribution in [0.4, 0.5) is 0 Å². The van der Waals surface area contributed by atoms with Crippen LogP contribution in [-0.2, 0) is 6.54 Å². The summed E-state index contributed by atoms with van der Waals surface area (Å²) in [5.74, 6) is 1.58. The minimum Gasteiger partial charge on any atom is -0.490 e. The second-order valence-corrected chi connectivity index (χ2v) is 5.61. The Hall–Kier alpha value is -0.200. The van der Waals surface area contributed by atoms with Gasteiger partial charge in [-0.15, -0.1) is 24.8 Å². The molecule has 1 aromatic rings. The number of hydrogen-bond donors (Lipinski definition) is 1. The molecular weight excluding hydrogens is 391 g/mol. The molecule has 4 nitrogen and oxygen atoms in total. The fraction of sp³-hybridized carbons (Fsp3) is 0.600. The lowest BCUT2D eigenvalue weighted by molar-refractivity contribution is 0.286. The number of hydrogen-bond acceptors (Lipinski definition) is 4. The number of likely N-dealkylation sites (N-methyl/N-ethyl adjacent to an activating group) is 1. The van der Waals surface area contributed by atoms with Crippen molar-refractivity contribution in [3.8, 4) is 11.5 Å². The molecule has 0 aliphatic heterocycles. The van der Waals surface area contributed by atoms with Gasteiger partial charge in [0, 0.05) is 19.6 Å². The minimum atomic E-state index is 0. The van der Waals surface area contributed by atoms with E-state index in [0.717, 1.165) is 35.6 Å². The molecule has 1 aromatic carbocycles. The van der Waals surface area contributed by atoms with Crippen LogP contribution >= 0.6 is 40.7 Å². The van der Waals surface area contributed by atoms with Gasteiger partial charge in [0.25, 0.3) is 0 Å². The van der Waals surface area contributed by atoms with Crippen molar-refractivity contribution >= 4 is 40.7 Å². The van der Waals surface area contributed by atoms with Gasteiger partial charge >= 0.3 is 0 Å². The molecule has 0 bridgehead atoms. The first-order valence-electron chi connectivity index (χ1n) is 7.01. The maximum atomic E-state index is 5.66. The van der Waals surface area contributed by atoms with Gasteiger partial charge in [0.1, 0.15) is 0 Å². The van der Waals surface area contributed by atoms with E-state index in [2.05, 4.69) is 46.3 Å². The molecule has 0 fully saturated rings. The first-order valence-corrected chi connectivity index (χ1v) is 7.81. The predicted molar refractivity (Wildman–Crippen MR) is 101 cm³/mol. The van der Waals surface area contributed by atoms with E-state index >= 15 is 0 Å². The Labute approximate surface area is 154 Å². The summed E-state index contributed by atoms with van der Waals surface area (Å²) in [7, 11) is 4.14. The third kappa shape index (κ3) is 8.44. The second kappa shape index (κ2) is 13.3. The van der Waals surface area contributed by atoms with Crippen molar-refractivity contribution in [1.29, 1.82) is 0 Å². The molecule has 1 N–H and O–H groups in total. The van der Waals surface area contributed by atoms with Crippen LogP contribution in [0.1, 0.15) is 19.4 Å². The van der Waals surface area contributed by atoms with Gasteiger partial charge in [-0.3, -0.25) is 0 Å². The minimum absolute atomic E-state index is 0. The molecular formula is C15H27BrCl2N2O2. The number of halogens is 3. The van der Waals surface area contributed by atoms with Gasteiger partial charge in [0.15, 0.2) is 11.5 Å². The molecule has 130 valence electrons. The zero-order valence-electron chi connectivity index (χ0n) is 13.6. The smallest absolute Gasteiger partial charge is 0.175 e. The quantitative estimate of drug-likeness (QED) is 0.620. The summed E-state index contributed by atoms with van der Waals surface area (Å²) in [6.07, 6.45) is 0. The van der Waals surface area contributed by atoms with Gasteiger partial charge in [-0.25, -0.2) is 0 Å². The maximum Gasteiger partial charge on any atom is 0.175 e. The van der Waals surface area contributed by atoms with E-state index in [1.165, 1.54) is 5.56 Å². The van der Waals surface area contributed by atoms with E-state index in [1.807, 2.05) is 19.9 Å². The third-order valence-corrected chi connectivity index (χ3v) is 3.31. The molecule has 1 rings (SSSR count). The Morgan fingerprint density at radius 2 is 1.73 bits per heavy atom. The van der Waals surface area contributed by atoms with Crippen LogP contribution in [-0.4, -0.2) is 45.3 Å². The monoisotopic (exact) mass is 416 g/mol. The highest BCUT2D eigenvalue weighted by atomic mass is 79.9. The van der Waals surface area contributed by atoms with E-state index in [4.69, 9.17) is 9.47 Å². The zero-order chi connectivity index (χ0) is 15.0. The van der Waals surface area contributed by atoms with Crippen molar-refractivity contribution in [1.82, 2.24) is 10.2 Å². The number of rotatable bonds is 9. The Morgan fingerprint density at radius 3 is 2.27 bits per heavy atom. The lowest BCUT2D eigenvalue weighted by atomic mass is 10.2. The highest BCUT2D eigenvalue weighted by molar-refractivity contribution is 9.10. The molecule has 0 spiro atoms. The van der Waals surface area contributed by atoms with Gasteiger partial charge in [-0.1, -0.05) is 0 Å². The number of benzene rings is 1. The van der Waals surface area contributed by atoms with E-state index < -0.39 is 0 Å². The van der Waals surface area contributed by atoms with Gasteiger partial charge < -0.3 is 19.7 Å². The number of nitrogens with one attached hydrogen (secondary N) is 1. The van der Waals surface area contributed by atoms with Crippen molar-refractivity contribution in [2.45, 2.75) is 20.4 Å². The molecule has 0 saturated carbocycles. The average Bonchev–Trinajstić information content (AvgIpc) is 2.39. The van der Waals surface area contributed by atoms with Crippen LogP contribution in [0.15, 0.2) is 16.6 Å². The Bertz CT molecular complexity index is 421. The molecule has 7 heteroatoms. The normalized spacial score (nSPS) is 9.91. The van der Waals surface area contributed by atoms with E-state index in [0.29, 0.717) is 13.2 Å². The zero-order valence-corrected chi connectivity index (χ0v) is 16.9. The van der Waals surface area contributed by atoms with Gasteiger partial charge in [0.05, 0.1) is 17.7 Å². The molecule has 0 amide bonds. The molecule has 0 saturated heterocycles. The fourth-order valence-electron chi connectivity index (χ4n) is 1.81. The van der Waals surface area contributed by atoms with Crippen LogP contribution in [0.5, 0.6) is 11.5 Å². The van der Waals surface area contributed by atoms with Crippen LogP contribution in [0.3, 0.4) is 0 Å². The van der Waals surface area contributed by atoms with Gasteiger partial charge in [-0.05, 0) is 61.6 Å². The van der Waals surface area contributed by atoms with Gasteiger partial charge in [-0.2, -0.15) is 0 Å². The van der Waals surface area contributed by atoms with Crippen molar-refractivity contribution in [2.75, 3.05) is 40.4 Å². The van der Waals surface area contributed by atoms with Crippen LogP contribution < -0.4 is 14.8 Å². The SMILES string of the molecule is CCOc1cc(CNCCN(C)C)cc(Br)c1OCC.Cl.Cl. The van der Waals surface area contributed by atoms with Crippen molar-refractivity contribution < 1.29 is 9.47 Å². The van der Waals surface area contributed by atoms with Crippen molar-refractivity contribution in [2.24, 2.45) is 0 Å². The lowest BCUT2D eigenvalue weighted by Crippen LogP contribution is -2.26. The maximum absolute atomic E-state index is 5.66. The highest BCUT2D eigenvalue weighted by Gasteiger charge is 2.11. The predicted octanol–water partition coefficient (Wildman–Crippen LogP) is 3.74. The molecule has 22 heavy (non-hydrogen) atoms.